The molecule has 0 aliphatic rings. The van der Waals surface area contributed by atoms with Gasteiger partial charge in [0.05, 0.1) is 0 Å². The average Bonchev–Trinajstić information content (AvgIpc) is 1.84. The fourth-order valence-corrected chi connectivity index (χ4v) is 0.312. The van der Waals surface area contributed by atoms with Gasteiger partial charge in [0.1, 0.15) is 0 Å². The van der Waals surface area contributed by atoms with Crippen molar-refractivity contribution in [2.75, 3.05) is 0 Å². The van der Waals surface area contributed by atoms with Crippen molar-refractivity contribution >= 4 is 5.97 Å². The first-order chi connectivity index (χ1) is 5.44. The summed E-state index contributed by atoms with van der Waals surface area (Å²) in [5, 5.41) is 7.41. The Hall–Kier alpha value is -0.501. The van der Waals surface area contributed by atoms with E-state index in [1.54, 1.807) is 0 Å². The van der Waals surface area contributed by atoms with Crippen molar-refractivity contribution in [2.24, 2.45) is 0 Å². The van der Waals surface area contributed by atoms with E-state index in [1.807, 2.05) is 0 Å². The van der Waals surface area contributed by atoms with E-state index in [0.29, 0.717) is 0 Å². The van der Waals surface area contributed by atoms with Crippen LogP contribution in [0.4, 0.5) is 30.7 Å². The Morgan fingerprint density at radius 2 is 1.21 bits per heavy atom. The van der Waals surface area contributed by atoms with E-state index in [9.17, 15) is 35.5 Å². The Labute approximate surface area is 82.5 Å². The van der Waals surface area contributed by atoms with Crippen molar-refractivity contribution in [1.82, 2.24) is 0 Å². The van der Waals surface area contributed by atoms with Crippen LogP contribution in [0.2, 0.25) is 0 Å². The number of alkyl halides is 7. The van der Waals surface area contributed by atoms with Crippen LogP contribution in [0.1, 0.15) is 0 Å². The predicted molar refractivity (Wildman–Crippen MR) is 23.6 cm³/mol. The van der Waals surface area contributed by atoms with Crippen LogP contribution < -0.4 is 0 Å². The number of carboxylic acids is 1. The number of aliphatic carboxylic acids is 1. The zero-order chi connectivity index (χ0) is 11.1. The van der Waals surface area contributed by atoms with Crippen LogP contribution in [0, 0.1) is 0 Å². The molecule has 10 heteroatoms. The molecule has 0 unspecified atom stereocenters. The standard InChI is InChI=1S/C4HF7O2.Fe/c5-2(6,1(12)13)3(7,8)4(9,10)11;/h(H,12,13);. The maximum atomic E-state index is 11.8. The largest absolute Gasteiger partial charge is 0.477 e. The smallest absolute Gasteiger partial charge is 0.460 e. The molecule has 0 atom stereocenters. The van der Waals surface area contributed by atoms with E-state index in [0.717, 1.165) is 0 Å². The third-order valence-corrected chi connectivity index (χ3v) is 1.02. The van der Waals surface area contributed by atoms with Crippen molar-refractivity contribution in [3.8, 4) is 0 Å². The van der Waals surface area contributed by atoms with Crippen LogP contribution >= 0.6 is 0 Å². The summed E-state index contributed by atoms with van der Waals surface area (Å²) in [6, 6.07) is 0. The van der Waals surface area contributed by atoms with Crippen molar-refractivity contribution in [3.05, 3.63) is 0 Å². The summed E-state index contributed by atoms with van der Waals surface area (Å²) >= 11 is 0. The molecular formula is C4HF7FeO2. The van der Waals surface area contributed by atoms with Crippen molar-refractivity contribution in [2.45, 2.75) is 18.0 Å². The minimum Gasteiger partial charge on any atom is -0.477 e. The topological polar surface area (TPSA) is 37.3 Å². The van der Waals surface area contributed by atoms with Crippen LogP contribution in [0.15, 0.2) is 0 Å². The Kier molecular flexibility index (Phi) is 4.48. The Morgan fingerprint density at radius 1 is 0.929 bits per heavy atom. The third-order valence-electron chi connectivity index (χ3n) is 1.02. The Bertz CT molecular complexity index is 222. The Balaban J connectivity index is 0. The van der Waals surface area contributed by atoms with Crippen LogP contribution in [0.3, 0.4) is 0 Å². The molecule has 0 saturated heterocycles. The van der Waals surface area contributed by atoms with E-state index in [4.69, 9.17) is 5.11 Å². The van der Waals surface area contributed by atoms with Gasteiger partial charge in [-0.3, -0.25) is 0 Å². The molecule has 0 bridgehead atoms. The van der Waals surface area contributed by atoms with Gasteiger partial charge in [-0.25, -0.2) is 4.79 Å². The maximum Gasteiger partial charge on any atom is 0.460 e. The van der Waals surface area contributed by atoms with E-state index >= 15 is 0 Å². The number of halogens is 7. The summed E-state index contributed by atoms with van der Waals surface area (Å²) in [5.41, 5.74) is 0. The Morgan fingerprint density at radius 3 is 1.29 bits per heavy atom. The third kappa shape index (κ3) is 2.30. The summed E-state index contributed by atoms with van der Waals surface area (Å²) in [5.74, 6) is -16.3. The molecule has 0 aromatic carbocycles. The molecule has 0 saturated carbocycles. The quantitative estimate of drug-likeness (QED) is 0.614. The second-order valence-corrected chi connectivity index (χ2v) is 1.95. The monoisotopic (exact) mass is 270 g/mol. The fourth-order valence-electron chi connectivity index (χ4n) is 0.312. The van der Waals surface area contributed by atoms with Gasteiger partial charge in [0.15, 0.2) is 0 Å². The second kappa shape index (κ2) is 3.93. The van der Waals surface area contributed by atoms with Crippen LogP contribution in [-0.4, -0.2) is 29.1 Å². The molecule has 0 aromatic heterocycles. The molecule has 0 aliphatic heterocycles. The molecule has 14 heavy (non-hydrogen) atoms. The van der Waals surface area contributed by atoms with Gasteiger partial charge in [0, 0.05) is 17.1 Å². The molecule has 0 fully saturated rings. The van der Waals surface area contributed by atoms with Gasteiger partial charge in [0.2, 0.25) is 0 Å². The van der Waals surface area contributed by atoms with E-state index in [1.165, 1.54) is 0 Å². The molecule has 86 valence electrons. The summed E-state index contributed by atoms with van der Waals surface area (Å²) in [6.07, 6.45) is -6.60. The van der Waals surface area contributed by atoms with E-state index < -0.39 is 24.0 Å². The normalized spacial score (nSPS) is 13.4. The minimum absolute atomic E-state index is 0. The van der Waals surface area contributed by atoms with Gasteiger partial charge in [0.25, 0.3) is 0 Å². The molecule has 0 amide bonds. The average molecular weight is 270 g/mol. The molecule has 0 aliphatic carbocycles. The summed E-state index contributed by atoms with van der Waals surface area (Å²) in [7, 11) is 0. The van der Waals surface area contributed by atoms with Gasteiger partial charge in [-0.05, 0) is 0 Å². The van der Waals surface area contributed by atoms with Crippen molar-refractivity contribution in [1.29, 1.82) is 0 Å². The molecule has 0 spiro atoms. The first kappa shape index (κ1) is 15.9. The SMILES string of the molecule is O=C(O)C(F)(F)C(F)(F)C(F)(F)F.[Fe]. The molecule has 0 rings (SSSR count). The molecule has 0 radical (unpaired) electrons. The van der Waals surface area contributed by atoms with Gasteiger partial charge in [-0.2, -0.15) is 30.7 Å². The molecule has 1 N–H and O–H groups in total. The first-order valence-electron chi connectivity index (χ1n) is 2.50. The van der Waals surface area contributed by atoms with Crippen LogP contribution in [-0.2, 0) is 21.9 Å². The zero-order valence-electron chi connectivity index (χ0n) is 5.85. The van der Waals surface area contributed by atoms with Crippen LogP contribution in [0.25, 0.3) is 0 Å². The molecule has 2 nitrogen and oxygen atoms in total. The van der Waals surface area contributed by atoms with E-state index in [2.05, 4.69) is 0 Å². The maximum absolute atomic E-state index is 11.8. The number of carboxylic acid groups (broad SMARTS) is 1. The number of hydrogen-bond donors (Lipinski definition) is 1. The van der Waals surface area contributed by atoms with Crippen LogP contribution in [0.5, 0.6) is 0 Å². The van der Waals surface area contributed by atoms with Gasteiger partial charge >= 0.3 is 24.0 Å². The van der Waals surface area contributed by atoms with Crippen molar-refractivity contribution in [3.63, 3.8) is 0 Å². The molecular weight excluding hydrogens is 269 g/mol. The summed E-state index contributed by atoms with van der Waals surface area (Å²) in [6.45, 7) is 0. The van der Waals surface area contributed by atoms with Crippen molar-refractivity contribution < 1.29 is 57.7 Å². The summed E-state index contributed by atoms with van der Waals surface area (Å²) in [4.78, 5) is 9.38. The fraction of sp³-hybridized carbons (Fsp3) is 0.750. The predicted octanol–water partition coefficient (Wildman–Crippen LogP) is 1.90. The van der Waals surface area contributed by atoms with Gasteiger partial charge in [-0.1, -0.05) is 0 Å². The number of hydrogen-bond acceptors (Lipinski definition) is 1. The number of carbonyl (C=O) groups is 1. The summed E-state index contributed by atoms with van der Waals surface area (Å²) < 4.78 is 80.5. The second-order valence-electron chi connectivity index (χ2n) is 1.95. The number of rotatable bonds is 2. The van der Waals surface area contributed by atoms with Gasteiger partial charge < -0.3 is 5.11 Å². The molecule has 0 aromatic rings. The van der Waals surface area contributed by atoms with E-state index in [-0.39, 0.29) is 17.1 Å². The molecule has 0 heterocycles. The first-order valence-corrected chi connectivity index (χ1v) is 2.50. The van der Waals surface area contributed by atoms with Gasteiger partial charge in [-0.15, -0.1) is 0 Å². The zero-order valence-corrected chi connectivity index (χ0v) is 6.96. The minimum atomic E-state index is -6.60.